The van der Waals surface area contributed by atoms with E-state index >= 15 is 0 Å². The van der Waals surface area contributed by atoms with Gasteiger partial charge in [0.2, 0.25) is 0 Å². The summed E-state index contributed by atoms with van der Waals surface area (Å²) in [6.45, 7) is 0. The summed E-state index contributed by atoms with van der Waals surface area (Å²) in [6, 6.07) is 4.91. The minimum atomic E-state index is -3.83. The zero-order valence-corrected chi connectivity index (χ0v) is 15.2. The predicted molar refractivity (Wildman–Crippen MR) is 96.2 cm³/mol. The molecule has 10 heteroatoms. The van der Waals surface area contributed by atoms with Crippen molar-refractivity contribution in [2.75, 3.05) is 12.4 Å². The van der Waals surface area contributed by atoms with E-state index in [1.807, 2.05) is 0 Å². The van der Waals surface area contributed by atoms with Gasteiger partial charge in [-0.3, -0.25) is 9.78 Å². The lowest BCUT2D eigenvalue weighted by Gasteiger charge is -2.18. The number of amides is 1. The molecule has 136 valence electrons. The SMILES string of the molecule is COC1=CCC(S(=O)(=O)n2cc(NC(=O)c3ccccn3)cn2)C=C1Cl. The van der Waals surface area contributed by atoms with Crippen molar-refractivity contribution in [2.24, 2.45) is 0 Å². The molecule has 0 saturated carbocycles. The summed E-state index contributed by atoms with van der Waals surface area (Å²) in [4.78, 5) is 16.0. The molecule has 2 aromatic heterocycles. The van der Waals surface area contributed by atoms with Crippen molar-refractivity contribution in [3.05, 3.63) is 65.4 Å². The molecular formula is C16H15ClN4O4S. The molecule has 1 aliphatic carbocycles. The second kappa shape index (κ2) is 7.30. The van der Waals surface area contributed by atoms with Crippen LogP contribution in [0.2, 0.25) is 0 Å². The summed E-state index contributed by atoms with van der Waals surface area (Å²) < 4.78 is 31.3. The fourth-order valence-electron chi connectivity index (χ4n) is 2.36. The van der Waals surface area contributed by atoms with Crippen molar-refractivity contribution >= 4 is 33.2 Å². The highest BCUT2D eigenvalue weighted by Gasteiger charge is 2.29. The van der Waals surface area contributed by atoms with Crippen LogP contribution in [0.15, 0.2) is 59.7 Å². The molecule has 0 saturated heterocycles. The Labute approximate surface area is 155 Å². The number of allylic oxidation sites excluding steroid dienone is 2. The molecule has 1 aliphatic rings. The number of ether oxygens (including phenoxy) is 1. The Kier molecular flexibility index (Phi) is 5.10. The number of carbonyl (C=O) groups is 1. The average Bonchev–Trinajstić information content (AvgIpc) is 3.11. The maximum absolute atomic E-state index is 12.7. The van der Waals surface area contributed by atoms with Gasteiger partial charge in [0.05, 0.1) is 30.2 Å². The van der Waals surface area contributed by atoms with E-state index in [2.05, 4.69) is 15.4 Å². The first kappa shape index (κ1) is 18.2. The van der Waals surface area contributed by atoms with Gasteiger partial charge < -0.3 is 10.1 Å². The lowest BCUT2D eigenvalue weighted by atomic mass is 10.1. The smallest absolute Gasteiger partial charge is 0.274 e. The number of nitrogens with zero attached hydrogens (tertiary/aromatic N) is 3. The molecule has 0 radical (unpaired) electrons. The van der Waals surface area contributed by atoms with E-state index in [0.717, 1.165) is 4.09 Å². The summed E-state index contributed by atoms with van der Waals surface area (Å²) in [6.07, 6.45) is 7.19. The van der Waals surface area contributed by atoms with Crippen LogP contribution < -0.4 is 5.32 Å². The summed E-state index contributed by atoms with van der Waals surface area (Å²) in [5, 5.41) is 5.74. The number of pyridine rings is 1. The number of methoxy groups -OCH3 is 1. The summed E-state index contributed by atoms with van der Waals surface area (Å²) in [5.74, 6) is -0.0299. The standard InChI is InChI=1S/C16H15ClN4O4S/c1-25-15-6-5-12(8-13(15)17)26(23,24)21-10-11(9-19-21)20-16(22)14-4-2-3-7-18-14/h2-4,6-10,12H,5H2,1H3,(H,20,22). The highest BCUT2D eigenvalue weighted by molar-refractivity contribution is 7.90. The van der Waals surface area contributed by atoms with Gasteiger partial charge >= 0.3 is 0 Å². The molecule has 8 nitrogen and oxygen atoms in total. The van der Waals surface area contributed by atoms with Crippen LogP contribution in [-0.4, -0.2) is 40.9 Å². The van der Waals surface area contributed by atoms with Gasteiger partial charge in [0, 0.05) is 6.20 Å². The molecule has 26 heavy (non-hydrogen) atoms. The second-order valence-electron chi connectivity index (χ2n) is 5.38. The average molecular weight is 395 g/mol. The molecule has 1 atom stereocenters. The highest BCUT2D eigenvalue weighted by Crippen LogP contribution is 2.27. The number of anilines is 1. The van der Waals surface area contributed by atoms with E-state index in [9.17, 15) is 13.2 Å². The Morgan fingerprint density at radius 1 is 1.42 bits per heavy atom. The first-order valence-corrected chi connectivity index (χ1v) is 9.43. The molecule has 2 aromatic rings. The largest absolute Gasteiger partial charge is 0.496 e. The van der Waals surface area contributed by atoms with Crippen molar-refractivity contribution in [1.82, 2.24) is 14.2 Å². The molecule has 0 spiro atoms. The first-order valence-electron chi connectivity index (χ1n) is 7.55. The Balaban J connectivity index is 1.77. The van der Waals surface area contributed by atoms with E-state index in [1.165, 1.54) is 31.8 Å². The minimum Gasteiger partial charge on any atom is -0.496 e. The maximum atomic E-state index is 12.7. The van der Waals surface area contributed by atoms with Gasteiger partial charge in [-0.2, -0.15) is 9.19 Å². The quantitative estimate of drug-likeness (QED) is 0.833. The number of aromatic nitrogens is 3. The number of hydrogen-bond acceptors (Lipinski definition) is 6. The van der Waals surface area contributed by atoms with Crippen molar-refractivity contribution < 1.29 is 17.9 Å². The van der Waals surface area contributed by atoms with Crippen LogP contribution in [0.25, 0.3) is 0 Å². The zero-order valence-electron chi connectivity index (χ0n) is 13.7. The van der Waals surface area contributed by atoms with Gasteiger partial charge in [0.1, 0.15) is 16.7 Å². The molecule has 0 bridgehead atoms. The zero-order chi connectivity index (χ0) is 18.7. The molecular weight excluding hydrogens is 380 g/mol. The topological polar surface area (TPSA) is 103 Å². The molecule has 1 amide bonds. The Morgan fingerprint density at radius 3 is 2.88 bits per heavy atom. The maximum Gasteiger partial charge on any atom is 0.274 e. The van der Waals surface area contributed by atoms with Gasteiger partial charge in [0.15, 0.2) is 0 Å². The third-order valence-corrected chi connectivity index (χ3v) is 5.81. The van der Waals surface area contributed by atoms with Crippen LogP contribution >= 0.6 is 11.6 Å². The number of nitrogens with one attached hydrogen (secondary N) is 1. The molecule has 0 aromatic carbocycles. The van der Waals surface area contributed by atoms with Crippen molar-refractivity contribution in [1.29, 1.82) is 0 Å². The van der Waals surface area contributed by atoms with Crippen LogP contribution in [0.4, 0.5) is 5.69 Å². The fourth-order valence-corrected chi connectivity index (χ4v) is 4.11. The number of carbonyl (C=O) groups excluding carboxylic acids is 1. The fraction of sp³-hybridized carbons (Fsp3) is 0.188. The van der Waals surface area contributed by atoms with Crippen molar-refractivity contribution in [3.63, 3.8) is 0 Å². The van der Waals surface area contributed by atoms with Gasteiger partial charge in [-0.05, 0) is 30.7 Å². The molecule has 1 unspecified atom stereocenters. The van der Waals surface area contributed by atoms with E-state index in [0.29, 0.717) is 5.76 Å². The minimum absolute atomic E-state index is 0.206. The predicted octanol–water partition coefficient (Wildman–Crippen LogP) is 2.13. The van der Waals surface area contributed by atoms with Crippen LogP contribution in [0.3, 0.4) is 0 Å². The summed E-state index contributed by atoms with van der Waals surface area (Å²) in [5.41, 5.74) is 0.450. The van der Waals surface area contributed by atoms with Gasteiger partial charge in [-0.1, -0.05) is 17.7 Å². The monoisotopic (exact) mass is 394 g/mol. The third-order valence-electron chi connectivity index (χ3n) is 3.68. The lowest BCUT2D eigenvalue weighted by molar-refractivity contribution is 0.102. The second-order valence-corrected chi connectivity index (χ2v) is 7.79. The third kappa shape index (κ3) is 3.63. The number of rotatable bonds is 5. The molecule has 3 rings (SSSR count). The van der Waals surface area contributed by atoms with E-state index in [4.69, 9.17) is 16.3 Å². The Hall–Kier alpha value is -2.65. The normalized spacial score (nSPS) is 17.2. The van der Waals surface area contributed by atoms with Gasteiger partial charge in [-0.15, -0.1) is 0 Å². The first-order chi connectivity index (χ1) is 12.4. The van der Waals surface area contributed by atoms with E-state index in [-0.39, 0.29) is 22.8 Å². The van der Waals surface area contributed by atoms with Crippen LogP contribution in [-0.2, 0) is 14.8 Å². The number of hydrogen-bond donors (Lipinski definition) is 1. The summed E-state index contributed by atoms with van der Waals surface area (Å²) >= 11 is 6.02. The Bertz CT molecular complexity index is 983. The molecule has 1 N–H and O–H groups in total. The molecule has 2 heterocycles. The van der Waals surface area contributed by atoms with Crippen LogP contribution in [0.1, 0.15) is 16.9 Å². The van der Waals surface area contributed by atoms with Gasteiger partial charge in [-0.25, -0.2) is 8.42 Å². The van der Waals surface area contributed by atoms with E-state index < -0.39 is 21.2 Å². The van der Waals surface area contributed by atoms with Crippen LogP contribution in [0, 0.1) is 0 Å². The van der Waals surface area contributed by atoms with Crippen molar-refractivity contribution in [3.8, 4) is 0 Å². The summed E-state index contributed by atoms with van der Waals surface area (Å²) in [7, 11) is -2.37. The Morgan fingerprint density at radius 2 is 2.23 bits per heavy atom. The number of halogens is 1. The highest BCUT2D eigenvalue weighted by atomic mass is 35.5. The van der Waals surface area contributed by atoms with Crippen molar-refractivity contribution in [2.45, 2.75) is 11.7 Å². The van der Waals surface area contributed by atoms with E-state index in [1.54, 1.807) is 24.3 Å². The molecule has 0 fully saturated rings. The lowest BCUT2D eigenvalue weighted by Crippen LogP contribution is -2.27. The molecule has 0 aliphatic heterocycles. The van der Waals surface area contributed by atoms with Crippen LogP contribution in [0.5, 0.6) is 0 Å². The van der Waals surface area contributed by atoms with Gasteiger partial charge in [0.25, 0.3) is 15.9 Å².